The summed E-state index contributed by atoms with van der Waals surface area (Å²) in [5.41, 5.74) is 1.50. The van der Waals surface area contributed by atoms with E-state index in [9.17, 15) is 19.2 Å². The number of anilines is 3. The maximum Gasteiger partial charge on any atom is 0.340 e. The van der Waals surface area contributed by atoms with E-state index in [0.717, 1.165) is 6.42 Å². The minimum atomic E-state index is -0.773. The van der Waals surface area contributed by atoms with Crippen LogP contribution >= 0.6 is 0 Å². The summed E-state index contributed by atoms with van der Waals surface area (Å²) in [4.78, 5) is 50.7. The maximum absolute atomic E-state index is 12.5. The van der Waals surface area contributed by atoms with Crippen LogP contribution in [0, 0.1) is 0 Å². The van der Waals surface area contributed by atoms with Gasteiger partial charge in [-0.15, -0.1) is 5.10 Å². The minimum absolute atomic E-state index is 0.0427. The van der Waals surface area contributed by atoms with Gasteiger partial charge in [0.1, 0.15) is 12.9 Å². The van der Waals surface area contributed by atoms with Crippen LogP contribution in [-0.2, 0) is 25.7 Å². The Morgan fingerprint density at radius 2 is 1.88 bits per heavy atom. The molecular formula is C22H21N7O5. The van der Waals surface area contributed by atoms with Crippen LogP contribution in [0.4, 0.5) is 17.1 Å². The van der Waals surface area contributed by atoms with Crippen LogP contribution in [0.1, 0.15) is 23.2 Å². The molecule has 12 heteroatoms. The molecule has 2 heterocycles. The molecule has 1 aliphatic rings. The van der Waals surface area contributed by atoms with E-state index in [2.05, 4.69) is 26.2 Å². The number of amides is 3. The average Bonchev–Trinajstić information content (AvgIpc) is 3.49. The lowest BCUT2D eigenvalue weighted by molar-refractivity contribution is -0.119. The van der Waals surface area contributed by atoms with Gasteiger partial charge in [-0.05, 0) is 47.2 Å². The Morgan fingerprint density at radius 1 is 1.03 bits per heavy atom. The zero-order valence-electron chi connectivity index (χ0n) is 18.0. The van der Waals surface area contributed by atoms with Crippen molar-refractivity contribution in [3.63, 3.8) is 0 Å². The van der Waals surface area contributed by atoms with E-state index in [1.807, 2.05) is 0 Å². The van der Waals surface area contributed by atoms with Crippen molar-refractivity contribution < 1.29 is 23.9 Å². The molecule has 1 fully saturated rings. The number of para-hydroxylation sites is 1. The van der Waals surface area contributed by atoms with E-state index in [0.29, 0.717) is 24.3 Å². The standard InChI is InChI=1S/C22H21N7O5/c30-19(12-28-14-23-26-27-28)25-18-8-2-1-7-17(18)22(33)34-13-20(31)24-15-5-3-6-16(11-15)29-10-4-9-21(29)32/h1-3,5-8,11,14H,4,9-10,12-13H2,(H,24,31)(H,25,30). The van der Waals surface area contributed by atoms with E-state index in [4.69, 9.17) is 4.74 Å². The van der Waals surface area contributed by atoms with E-state index >= 15 is 0 Å². The fourth-order valence-electron chi connectivity index (χ4n) is 3.44. The van der Waals surface area contributed by atoms with Crippen LogP contribution in [0.3, 0.4) is 0 Å². The second kappa shape index (κ2) is 10.3. The maximum atomic E-state index is 12.5. The first-order chi connectivity index (χ1) is 16.5. The first-order valence-corrected chi connectivity index (χ1v) is 10.5. The van der Waals surface area contributed by atoms with Gasteiger partial charge < -0.3 is 20.3 Å². The highest BCUT2D eigenvalue weighted by molar-refractivity contribution is 6.02. The molecule has 0 spiro atoms. The van der Waals surface area contributed by atoms with Crippen LogP contribution in [0.15, 0.2) is 54.9 Å². The van der Waals surface area contributed by atoms with E-state index < -0.39 is 24.4 Å². The van der Waals surface area contributed by atoms with Crippen LogP contribution < -0.4 is 15.5 Å². The molecule has 12 nitrogen and oxygen atoms in total. The number of benzene rings is 2. The Balaban J connectivity index is 1.33. The number of carbonyl (C=O) groups excluding carboxylic acids is 4. The monoisotopic (exact) mass is 463 g/mol. The topological polar surface area (TPSA) is 148 Å². The molecule has 0 atom stereocenters. The molecular weight excluding hydrogens is 442 g/mol. The van der Waals surface area contributed by atoms with Crippen LogP contribution in [-0.4, -0.2) is 57.0 Å². The number of carbonyl (C=O) groups is 4. The summed E-state index contributed by atoms with van der Waals surface area (Å²) in [6.45, 7) is -0.0288. The highest BCUT2D eigenvalue weighted by Crippen LogP contribution is 2.24. The second-order valence-electron chi connectivity index (χ2n) is 7.42. The lowest BCUT2D eigenvalue weighted by Gasteiger charge is -2.16. The number of nitrogens with zero attached hydrogens (tertiary/aromatic N) is 5. The third-order valence-electron chi connectivity index (χ3n) is 4.97. The van der Waals surface area contributed by atoms with Crippen molar-refractivity contribution in [3.8, 4) is 0 Å². The van der Waals surface area contributed by atoms with Gasteiger partial charge in [-0.2, -0.15) is 0 Å². The third-order valence-corrected chi connectivity index (χ3v) is 4.97. The first kappa shape index (κ1) is 22.6. The number of nitrogens with one attached hydrogen (secondary N) is 2. The normalized spacial score (nSPS) is 12.9. The quantitative estimate of drug-likeness (QED) is 0.474. The van der Waals surface area contributed by atoms with Gasteiger partial charge in [0.15, 0.2) is 6.61 Å². The van der Waals surface area contributed by atoms with Gasteiger partial charge >= 0.3 is 5.97 Å². The smallest absolute Gasteiger partial charge is 0.340 e. The molecule has 34 heavy (non-hydrogen) atoms. The fourth-order valence-corrected chi connectivity index (χ4v) is 3.44. The summed E-state index contributed by atoms with van der Waals surface area (Å²) in [5, 5.41) is 15.8. The van der Waals surface area contributed by atoms with Crippen LogP contribution in [0.25, 0.3) is 0 Å². The predicted octanol–water partition coefficient (Wildman–Crippen LogP) is 1.23. The first-order valence-electron chi connectivity index (χ1n) is 10.5. The van der Waals surface area contributed by atoms with Crippen molar-refractivity contribution in [1.82, 2.24) is 20.2 Å². The molecule has 174 valence electrons. The van der Waals surface area contributed by atoms with Gasteiger partial charge in [-0.1, -0.05) is 18.2 Å². The number of ether oxygens (including phenoxy) is 1. The molecule has 3 aromatic rings. The van der Waals surface area contributed by atoms with Crippen molar-refractivity contribution in [3.05, 3.63) is 60.4 Å². The van der Waals surface area contributed by atoms with Crippen molar-refractivity contribution in [1.29, 1.82) is 0 Å². The van der Waals surface area contributed by atoms with E-state index in [1.165, 1.54) is 17.1 Å². The Kier molecular flexibility index (Phi) is 6.87. The minimum Gasteiger partial charge on any atom is -0.452 e. The third kappa shape index (κ3) is 5.59. The largest absolute Gasteiger partial charge is 0.452 e. The van der Waals surface area contributed by atoms with Crippen molar-refractivity contribution >= 4 is 40.8 Å². The van der Waals surface area contributed by atoms with Gasteiger partial charge in [0.05, 0.1) is 11.3 Å². The van der Waals surface area contributed by atoms with E-state index in [1.54, 1.807) is 47.4 Å². The highest BCUT2D eigenvalue weighted by atomic mass is 16.5. The molecule has 0 unspecified atom stereocenters. The summed E-state index contributed by atoms with van der Waals surface area (Å²) in [5.74, 6) is -1.72. The number of hydrogen-bond acceptors (Lipinski definition) is 8. The highest BCUT2D eigenvalue weighted by Gasteiger charge is 2.22. The Morgan fingerprint density at radius 3 is 2.65 bits per heavy atom. The molecule has 0 saturated carbocycles. The molecule has 4 rings (SSSR count). The number of aromatic nitrogens is 4. The van der Waals surface area contributed by atoms with Crippen LogP contribution in [0.5, 0.6) is 0 Å². The van der Waals surface area contributed by atoms with Crippen molar-refractivity contribution in [2.24, 2.45) is 0 Å². The van der Waals surface area contributed by atoms with Crippen LogP contribution in [0.2, 0.25) is 0 Å². The number of esters is 1. The SMILES string of the molecule is O=C(COC(=O)c1ccccc1NC(=O)Cn1cnnn1)Nc1cccc(N2CCCC2=O)c1. The molecule has 0 radical (unpaired) electrons. The summed E-state index contributed by atoms with van der Waals surface area (Å²) in [7, 11) is 0. The molecule has 1 aliphatic heterocycles. The fraction of sp³-hybridized carbons (Fsp3) is 0.227. The van der Waals surface area contributed by atoms with Gasteiger partial charge in [-0.3, -0.25) is 14.4 Å². The van der Waals surface area contributed by atoms with Gasteiger partial charge in [0, 0.05) is 24.3 Å². The van der Waals surface area contributed by atoms with Gasteiger partial charge in [0.2, 0.25) is 11.8 Å². The lowest BCUT2D eigenvalue weighted by atomic mass is 10.2. The molecule has 2 aromatic carbocycles. The Labute approximate surface area is 193 Å². The molecule has 1 saturated heterocycles. The van der Waals surface area contributed by atoms with Crippen molar-refractivity contribution in [2.75, 3.05) is 28.7 Å². The number of rotatable bonds is 8. The molecule has 0 aliphatic carbocycles. The van der Waals surface area contributed by atoms with Crippen molar-refractivity contribution in [2.45, 2.75) is 19.4 Å². The zero-order valence-corrected chi connectivity index (χ0v) is 18.0. The Hall–Kier alpha value is -4.61. The number of hydrogen-bond donors (Lipinski definition) is 2. The molecule has 1 aromatic heterocycles. The lowest BCUT2D eigenvalue weighted by Crippen LogP contribution is -2.24. The summed E-state index contributed by atoms with van der Waals surface area (Å²) in [6.07, 6.45) is 2.59. The number of tetrazole rings is 1. The summed E-state index contributed by atoms with van der Waals surface area (Å²) < 4.78 is 6.36. The predicted molar refractivity (Wildman–Crippen MR) is 120 cm³/mol. The summed E-state index contributed by atoms with van der Waals surface area (Å²) >= 11 is 0. The average molecular weight is 463 g/mol. The molecule has 0 bridgehead atoms. The Bertz CT molecular complexity index is 1210. The zero-order chi connectivity index (χ0) is 23.9. The van der Waals surface area contributed by atoms with E-state index in [-0.39, 0.29) is 23.7 Å². The second-order valence-corrected chi connectivity index (χ2v) is 7.42. The van der Waals surface area contributed by atoms with Gasteiger partial charge in [-0.25, -0.2) is 9.48 Å². The molecule has 2 N–H and O–H groups in total. The molecule has 3 amide bonds. The summed E-state index contributed by atoms with van der Waals surface area (Å²) in [6, 6.07) is 13.2. The van der Waals surface area contributed by atoms with Gasteiger partial charge in [0.25, 0.3) is 5.91 Å².